The minimum atomic E-state index is -0.0691. The van der Waals surface area contributed by atoms with Gasteiger partial charge in [-0.05, 0) is 36.6 Å². The molecule has 0 bridgehead atoms. The van der Waals surface area contributed by atoms with Crippen LogP contribution in [0.2, 0.25) is 0 Å². The number of hydrogen-bond acceptors (Lipinski definition) is 4. The summed E-state index contributed by atoms with van der Waals surface area (Å²) in [5.41, 5.74) is 1.83. The SMILES string of the molecule is O=Nc1c(O)ccc2oc3c(c12)CCCCC3. The molecule has 0 saturated heterocycles. The first-order valence-corrected chi connectivity index (χ1v) is 5.91. The van der Waals surface area contributed by atoms with Gasteiger partial charge in [0.15, 0.2) is 5.69 Å². The van der Waals surface area contributed by atoms with Gasteiger partial charge in [0.05, 0.1) is 5.39 Å². The number of phenolic OH excluding ortho intramolecular Hbond substituents is 1. The Kier molecular flexibility index (Phi) is 2.35. The van der Waals surface area contributed by atoms with Crippen molar-refractivity contribution < 1.29 is 9.52 Å². The number of furan rings is 1. The zero-order valence-electron chi connectivity index (χ0n) is 9.40. The molecule has 0 spiro atoms. The van der Waals surface area contributed by atoms with Crippen molar-refractivity contribution in [3.05, 3.63) is 28.4 Å². The Morgan fingerprint density at radius 2 is 2.00 bits per heavy atom. The van der Waals surface area contributed by atoms with Crippen LogP contribution < -0.4 is 0 Å². The molecule has 17 heavy (non-hydrogen) atoms. The molecule has 1 heterocycles. The molecular weight excluding hydrogens is 218 g/mol. The number of hydrogen-bond donors (Lipinski definition) is 1. The maximum atomic E-state index is 10.9. The Morgan fingerprint density at radius 3 is 2.82 bits per heavy atom. The first-order chi connectivity index (χ1) is 8.31. The zero-order valence-corrected chi connectivity index (χ0v) is 9.40. The summed E-state index contributed by atoms with van der Waals surface area (Å²) in [5.74, 6) is 0.883. The quantitative estimate of drug-likeness (QED) is 0.599. The summed E-state index contributed by atoms with van der Waals surface area (Å²) in [7, 11) is 0. The number of aryl methyl sites for hydroxylation is 2. The van der Waals surface area contributed by atoms with Gasteiger partial charge in [-0.25, -0.2) is 0 Å². The molecule has 4 nitrogen and oxygen atoms in total. The fourth-order valence-electron chi connectivity index (χ4n) is 2.59. The number of phenols is 1. The van der Waals surface area contributed by atoms with Gasteiger partial charge in [-0.1, -0.05) is 6.42 Å². The Hall–Kier alpha value is -1.84. The van der Waals surface area contributed by atoms with Crippen molar-refractivity contribution in [2.75, 3.05) is 0 Å². The fraction of sp³-hybridized carbons (Fsp3) is 0.385. The van der Waals surface area contributed by atoms with E-state index in [-0.39, 0.29) is 11.4 Å². The zero-order chi connectivity index (χ0) is 11.8. The third-order valence-corrected chi connectivity index (χ3v) is 3.41. The van der Waals surface area contributed by atoms with Crippen molar-refractivity contribution in [2.45, 2.75) is 32.1 Å². The lowest BCUT2D eigenvalue weighted by atomic mass is 10.0. The highest BCUT2D eigenvalue weighted by Crippen LogP contribution is 2.41. The molecule has 1 aromatic carbocycles. The molecule has 1 aromatic heterocycles. The third kappa shape index (κ3) is 1.52. The molecule has 1 N–H and O–H groups in total. The average molecular weight is 231 g/mol. The third-order valence-electron chi connectivity index (χ3n) is 3.41. The molecule has 1 aliphatic carbocycles. The van der Waals surface area contributed by atoms with Crippen LogP contribution in [0.25, 0.3) is 11.0 Å². The van der Waals surface area contributed by atoms with Gasteiger partial charge in [0.2, 0.25) is 0 Å². The highest BCUT2D eigenvalue weighted by Gasteiger charge is 2.21. The predicted octanol–water partition coefficient (Wildman–Crippen LogP) is 3.81. The van der Waals surface area contributed by atoms with Crippen LogP contribution in [0.1, 0.15) is 30.6 Å². The monoisotopic (exact) mass is 231 g/mol. The molecule has 0 fully saturated rings. The number of aromatic hydroxyl groups is 1. The number of nitroso groups, excluding NO2 is 1. The highest BCUT2D eigenvalue weighted by atomic mass is 16.3. The van der Waals surface area contributed by atoms with Crippen LogP contribution in [0, 0.1) is 4.91 Å². The van der Waals surface area contributed by atoms with Gasteiger partial charge in [0.1, 0.15) is 17.1 Å². The molecule has 0 atom stereocenters. The molecule has 0 saturated carbocycles. The smallest absolute Gasteiger partial charge is 0.160 e. The topological polar surface area (TPSA) is 62.8 Å². The summed E-state index contributed by atoms with van der Waals surface area (Å²) in [6, 6.07) is 3.16. The van der Waals surface area contributed by atoms with Crippen molar-refractivity contribution in [3.8, 4) is 5.75 Å². The Labute approximate surface area is 98.2 Å². The number of rotatable bonds is 1. The van der Waals surface area contributed by atoms with Crippen molar-refractivity contribution in [1.29, 1.82) is 0 Å². The van der Waals surface area contributed by atoms with Crippen molar-refractivity contribution in [2.24, 2.45) is 5.18 Å². The van der Waals surface area contributed by atoms with Crippen molar-refractivity contribution in [3.63, 3.8) is 0 Å². The molecule has 0 unspecified atom stereocenters. The molecule has 88 valence electrons. The fourth-order valence-corrected chi connectivity index (χ4v) is 2.59. The van der Waals surface area contributed by atoms with E-state index in [4.69, 9.17) is 4.42 Å². The summed E-state index contributed by atoms with van der Waals surface area (Å²) < 4.78 is 5.76. The maximum absolute atomic E-state index is 10.9. The minimum Gasteiger partial charge on any atom is -0.506 e. The number of benzene rings is 1. The van der Waals surface area contributed by atoms with Gasteiger partial charge in [-0.15, -0.1) is 4.91 Å². The van der Waals surface area contributed by atoms with E-state index in [1.165, 1.54) is 12.5 Å². The second-order valence-corrected chi connectivity index (χ2v) is 4.46. The van der Waals surface area contributed by atoms with E-state index in [9.17, 15) is 10.0 Å². The molecular formula is C13H13NO3. The molecule has 2 aromatic rings. The van der Waals surface area contributed by atoms with E-state index in [1.807, 2.05) is 0 Å². The van der Waals surface area contributed by atoms with E-state index in [2.05, 4.69) is 5.18 Å². The van der Waals surface area contributed by atoms with Crippen LogP contribution in [-0.2, 0) is 12.8 Å². The summed E-state index contributed by atoms with van der Waals surface area (Å²) in [6.45, 7) is 0. The van der Waals surface area contributed by atoms with Crippen LogP contribution in [-0.4, -0.2) is 5.11 Å². The summed E-state index contributed by atoms with van der Waals surface area (Å²) in [5, 5.41) is 13.3. The predicted molar refractivity (Wildman–Crippen MR) is 64.6 cm³/mol. The van der Waals surface area contributed by atoms with Crippen molar-refractivity contribution >= 4 is 16.7 Å². The van der Waals surface area contributed by atoms with E-state index in [0.29, 0.717) is 11.0 Å². The number of nitrogens with zero attached hydrogens (tertiary/aromatic N) is 1. The second-order valence-electron chi connectivity index (χ2n) is 4.46. The van der Waals surface area contributed by atoms with Gasteiger partial charge in [-0.3, -0.25) is 0 Å². The Balaban J connectivity index is 2.34. The van der Waals surface area contributed by atoms with E-state index in [0.717, 1.165) is 37.0 Å². The molecule has 4 heteroatoms. The largest absolute Gasteiger partial charge is 0.506 e. The summed E-state index contributed by atoms with van der Waals surface area (Å²) >= 11 is 0. The summed E-state index contributed by atoms with van der Waals surface area (Å²) in [6.07, 6.45) is 5.18. The first kappa shape index (κ1) is 10.3. The Bertz CT molecular complexity index is 586. The lowest BCUT2D eigenvalue weighted by Crippen LogP contribution is -1.84. The number of fused-ring (bicyclic) bond motifs is 3. The van der Waals surface area contributed by atoms with Crippen LogP contribution in [0.3, 0.4) is 0 Å². The van der Waals surface area contributed by atoms with Gasteiger partial charge in [0.25, 0.3) is 0 Å². The van der Waals surface area contributed by atoms with E-state index in [1.54, 1.807) is 6.07 Å². The van der Waals surface area contributed by atoms with Crippen LogP contribution in [0.15, 0.2) is 21.7 Å². The van der Waals surface area contributed by atoms with Gasteiger partial charge in [-0.2, -0.15) is 0 Å². The summed E-state index contributed by atoms with van der Waals surface area (Å²) in [4.78, 5) is 10.9. The lowest BCUT2D eigenvalue weighted by Gasteiger charge is -2.00. The van der Waals surface area contributed by atoms with Gasteiger partial charge < -0.3 is 9.52 Å². The maximum Gasteiger partial charge on any atom is 0.160 e. The standard InChI is InChI=1S/C13H13NO3/c15-9-6-7-11-12(13(9)14-16)8-4-2-1-3-5-10(8)17-11/h6-7,15H,1-5H2. The minimum absolute atomic E-state index is 0.0691. The highest BCUT2D eigenvalue weighted by molar-refractivity contribution is 5.95. The Morgan fingerprint density at radius 1 is 1.18 bits per heavy atom. The van der Waals surface area contributed by atoms with E-state index >= 15 is 0 Å². The van der Waals surface area contributed by atoms with E-state index < -0.39 is 0 Å². The van der Waals surface area contributed by atoms with Crippen LogP contribution in [0.5, 0.6) is 5.75 Å². The van der Waals surface area contributed by atoms with Gasteiger partial charge >= 0.3 is 0 Å². The lowest BCUT2D eigenvalue weighted by molar-refractivity contribution is 0.477. The van der Waals surface area contributed by atoms with Crippen LogP contribution >= 0.6 is 0 Å². The molecule has 3 rings (SSSR count). The average Bonchev–Trinajstić information content (AvgIpc) is 2.53. The molecule has 0 aliphatic heterocycles. The molecule has 0 amide bonds. The van der Waals surface area contributed by atoms with Crippen LogP contribution in [0.4, 0.5) is 5.69 Å². The first-order valence-electron chi connectivity index (χ1n) is 5.91. The van der Waals surface area contributed by atoms with Gasteiger partial charge in [0, 0.05) is 12.0 Å². The molecule has 0 radical (unpaired) electrons. The normalized spacial score (nSPS) is 15.5. The van der Waals surface area contributed by atoms with Crippen molar-refractivity contribution in [1.82, 2.24) is 0 Å². The second kappa shape index (κ2) is 3.87. The molecule has 1 aliphatic rings.